The number of rotatable bonds is 7. The van der Waals surface area contributed by atoms with Crippen molar-refractivity contribution in [2.45, 2.75) is 6.92 Å². The Kier molecular flexibility index (Phi) is 6.98. The summed E-state index contributed by atoms with van der Waals surface area (Å²) in [4.78, 5) is 12.4. The molecule has 0 aromatic heterocycles. The second-order valence-electron chi connectivity index (χ2n) is 4.66. The fourth-order valence-corrected chi connectivity index (χ4v) is 1.78. The first-order valence-corrected chi connectivity index (χ1v) is 6.90. The molecule has 0 aliphatic carbocycles. The molecule has 0 atom stereocenters. The highest BCUT2D eigenvalue weighted by Gasteiger charge is 2.04. The number of allylic oxidation sites excluding steroid dienone is 4. The quantitative estimate of drug-likeness (QED) is 0.753. The van der Waals surface area contributed by atoms with Crippen molar-refractivity contribution in [3.8, 4) is 0 Å². The van der Waals surface area contributed by atoms with Gasteiger partial charge >= 0.3 is 5.97 Å². The maximum absolute atomic E-state index is 10.7. The molecule has 21 heavy (non-hydrogen) atoms. The van der Waals surface area contributed by atoms with Crippen molar-refractivity contribution in [2.75, 3.05) is 25.5 Å². The number of quaternary nitrogens is 1. The zero-order chi connectivity index (χ0) is 15.7. The molecule has 0 unspecified atom stereocenters. The van der Waals surface area contributed by atoms with E-state index < -0.39 is 5.97 Å². The Morgan fingerprint density at radius 3 is 2.48 bits per heavy atom. The standard InChI is InChI=1S/C17H22N2O2/c1-4-14(11-12-18-2)5-6-15-7-9-16(10-8-15)19(3)13-17(20)21/h4-12,18H,13H2,1-3H3,(H,20,21)/p+1/b6-5+,12-11-,14-4-. The summed E-state index contributed by atoms with van der Waals surface area (Å²) in [7, 11) is 3.75. The summed E-state index contributed by atoms with van der Waals surface area (Å²) in [6.45, 7) is 2.00. The average Bonchev–Trinajstić information content (AvgIpc) is 2.47. The van der Waals surface area contributed by atoms with Gasteiger partial charge in [-0.2, -0.15) is 0 Å². The van der Waals surface area contributed by atoms with Crippen LogP contribution >= 0.6 is 0 Å². The first kappa shape index (κ1) is 16.7. The summed E-state index contributed by atoms with van der Waals surface area (Å²) in [6.07, 6.45) is 10.2. The number of aliphatic carboxylic acids is 1. The van der Waals surface area contributed by atoms with Crippen LogP contribution in [0.25, 0.3) is 6.08 Å². The molecule has 0 radical (unpaired) electrons. The molecule has 0 heterocycles. The van der Waals surface area contributed by atoms with Crippen LogP contribution in [0.4, 0.5) is 5.69 Å². The number of likely N-dealkylation sites (N-methyl/N-ethyl adjacent to an activating group) is 1. The van der Waals surface area contributed by atoms with Crippen molar-refractivity contribution in [3.05, 3.63) is 59.8 Å². The van der Waals surface area contributed by atoms with E-state index in [0.29, 0.717) is 0 Å². The van der Waals surface area contributed by atoms with Gasteiger partial charge in [-0.15, -0.1) is 0 Å². The minimum atomic E-state index is -0.835. The van der Waals surface area contributed by atoms with Gasteiger partial charge in [0.25, 0.3) is 0 Å². The highest BCUT2D eigenvalue weighted by molar-refractivity contribution is 5.73. The average molecular weight is 287 g/mol. The van der Waals surface area contributed by atoms with Crippen LogP contribution in [-0.2, 0) is 4.79 Å². The number of carboxylic acid groups (broad SMARTS) is 1. The molecule has 1 aromatic carbocycles. The van der Waals surface area contributed by atoms with Crippen LogP contribution in [0.5, 0.6) is 0 Å². The van der Waals surface area contributed by atoms with Gasteiger partial charge in [-0.3, -0.25) is 4.79 Å². The van der Waals surface area contributed by atoms with Crippen molar-refractivity contribution < 1.29 is 15.2 Å². The number of hydrogen-bond donors (Lipinski definition) is 2. The van der Waals surface area contributed by atoms with Crippen LogP contribution < -0.4 is 10.2 Å². The van der Waals surface area contributed by atoms with Crippen molar-refractivity contribution in [2.24, 2.45) is 0 Å². The smallest absolute Gasteiger partial charge is 0.323 e. The lowest BCUT2D eigenvalue weighted by molar-refractivity contribution is -0.556. The number of benzene rings is 1. The molecule has 0 aliphatic heterocycles. The van der Waals surface area contributed by atoms with E-state index in [1.54, 1.807) is 11.9 Å². The molecule has 0 saturated carbocycles. The van der Waals surface area contributed by atoms with Crippen molar-refractivity contribution in [1.29, 1.82) is 0 Å². The van der Waals surface area contributed by atoms with E-state index in [1.165, 1.54) is 0 Å². The molecule has 0 bridgehead atoms. The molecule has 0 spiro atoms. The lowest BCUT2D eigenvalue weighted by Gasteiger charge is -2.16. The van der Waals surface area contributed by atoms with Crippen molar-refractivity contribution in [1.82, 2.24) is 0 Å². The fourth-order valence-electron chi connectivity index (χ4n) is 1.78. The summed E-state index contributed by atoms with van der Waals surface area (Å²) in [5, 5.41) is 10.8. The first-order valence-electron chi connectivity index (χ1n) is 6.90. The number of hydrogen-bond acceptors (Lipinski definition) is 2. The normalized spacial score (nSPS) is 12.2. The number of carboxylic acids is 1. The molecule has 0 saturated heterocycles. The number of nitrogens with zero attached hydrogens (tertiary/aromatic N) is 1. The molecule has 112 valence electrons. The predicted molar refractivity (Wildman–Crippen MR) is 87.1 cm³/mol. The maximum Gasteiger partial charge on any atom is 0.323 e. The number of nitrogens with two attached hydrogens (primary N) is 1. The molecule has 4 heteroatoms. The minimum absolute atomic E-state index is 0.00375. The third kappa shape index (κ3) is 6.10. The second-order valence-corrected chi connectivity index (χ2v) is 4.66. The van der Waals surface area contributed by atoms with Gasteiger partial charge in [0, 0.05) is 12.7 Å². The van der Waals surface area contributed by atoms with Crippen LogP contribution in [-0.4, -0.2) is 31.7 Å². The number of carbonyl (C=O) groups is 1. The van der Waals surface area contributed by atoms with Crippen LogP contribution in [0.1, 0.15) is 12.5 Å². The summed E-state index contributed by atoms with van der Waals surface area (Å²) in [5.41, 5.74) is 3.11. The van der Waals surface area contributed by atoms with Gasteiger partial charge in [0.05, 0.1) is 13.2 Å². The van der Waals surface area contributed by atoms with Crippen LogP contribution in [0.15, 0.2) is 54.3 Å². The highest BCUT2D eigenvalue weighted by atomic mass is 16.4. The van der Waals surface area contributed by atoms with E-state index in [4.69, 9.17) is 5.11 Å². The molecule has 1 aromatic rings. The number of anilines is 1. The lowest BCUT2D eigenvalue weighted by Crippen LogP contribution is -2.72. The van der Waals surface area contributed by atoms with E-state index in [-0.39, 0.29) is 6.54 Å². The fraction of sp³-hybridized carbons (Fsp3) is 0.235. The third-order valence-corrected chi connectivity index (χ3v) is 2.99. The second kappa shape index (κ2) is 8.76. The van der Waals surface area contributed by atoms with Crippen molar-refractivity contribution >= 4 is 17.7 Å². The molecule has 0 amide bonds. The van der Waals surface area contributed by atoms with E-state index in [1.807, 2.05) is 68.0 Å². The predicted octanol–water partition coefficient (Wildman–Crippen LogP) is 1.87. The zero-order valence-electron chi connectivity index (χ0n) is 12.8. The van der Waals surface area contributed by atoms with E-state index in [2.05, 4.69) is 6.08 Å². The van der Waals surface area contributed by atoms with E-state index in [9.17, 15) is 4.79 Å². The van der Waals surface area contributed by atoms with Gasteiger partial charge in [-0.1, -0.05) is 30.4 Å². The Labute approximate surface area is 126 Å². The molecule has 1 rings (SSSR count). The highest BCUT2D eigenvalue weighted by Crippen LogP contribution is 2.15. The Balaban J connectivity index is 2.74. The Morgan fingerprint density at radius 1 is 1.29 bits per heavy atom. The Bertz CT molecular complexity index is 542. The van der Waals surface area contributed by atoms with Crippen LogP contribution in [0.2, 0.25) is 0 Å². The van der Waals surface area contributed by atoms with Gasteiger partial charge < -0.3 is 15.3 Å². The topological polar surface area (TPSA) is 57.2 Å². The Morgan fingerprint density at radius 2 is 1.95 bits per heavy atom. The van der Waals surface area contributed by atoms with Gasteiger partial charge in [0.2, 0.25) is 0 Å². The molecule has 0 aliphatic rings. The van der Waals surface area contributed by atoms with Crippen LogP contribution in [0, 0.1) is 0 Å². The minimum Gasteiger partial charge on any atom is -0.480 e. The Hall–Kier alpha value is -2.33. The van der Waals surface area contributed by atoms with Crippen molar-refractivity contribution in [3.63, 3.8) is 0 Å². The van der Waals surface area contributed by atoms with Gasteiger partial charge in [0.15, 0.2) is 0 Å². The summed E-state index contributed by atoms with van der Waals surface area (Å²) >= 11 is 0. The summed E-state index contributed by atoms with van der Waals surface area (Å²) < 4.78 is 0. The SMILES string of the molecule is C/C=C(\C=C/[NH2+]C)/C=C/c1ccc(N(C)CC(=O)O)cc1. The molecule has 4 nitrogen and oxygen atoms in total. The molecular weight excluding hydrogens is 264 g/mol. The van der Waals surface area contributed by atoms with E-state index >= 15 is 0 Å². The first-order chi connectivity index (χ1) is 10.1. The monoisotopic (exact) mass is 287 g/mol. The third-order valence-electron chi connectivity index (χ3n) is 2.99. The largest absolute Gasteiger partial charge is 0.480 e. The summed E-state index contributed by atoms with van der Waals surface area (Å²) in [5.74, 6) is -0.835. The molecule has 3 N–H and O–H groups in total. The van der Waals surface area contributed by atoms with Gasteiger partial charge in [-0.05, 0) is 36.3 Å². The van der Waals surface area contributed by atoms with Gasteiger partial charge in [0.1, 0.15) is 6.54 Å². The van der Waals surface area contributed by atoms with Gasteiger partial charge in [-0.25, -0.2) is 0 Å². The van der Waals surface area contributed by atoms with Crippen LogP contribution in [0.3, 0.4) is 0 Å². The molecule has 0 fully saturated rings. The molecular formula is C17H23N2O2+. The summed E-state index contributed by atoms with van der Waals surface area (Å²) in [6, 6.07) is 7.81. The maximum atomic E-state index is 10.7. The zero-order valence-corrected chi connectivity index (χ0v) is 12.8. The van der Waals surface area contributed by atoms with E-state index in [0.717, 1.165) is 16.8 Å². The lowest BCUT2D eigenvalue weighted by atomic mass is 10.1.